The molecule has 3 aliphatic rings. The van der Waals surface area contributed by atoms with Gasteiger partial charge in [0.15, 0.2) is 0 Å². The van der Waals surface area contributed by atoms with E-state index in [9.17, 15) is 19.5 Å². The summed E-state index contributed by atoms with van der Waals surface area (Å²) in [7, 11) is 1.60. The van der Waals surface area contributed by atoms with E-state index in [1.54, 1.807) is 40.8 Å². The van der Waals surface area contributed by atoms with Crippen LogP contribution in [0.5, 0.6) is 5.75 Å². The van der Waals surface area contributed by atoms with Crippen molar-refractivity contribution < 1.29 is 24.2 Å². The summed E-state index contributed by atoms with van der Waals surface area (Å²) in [5.74, 6) is -0.696. The lowest BCUT2D eigenvalue weighted by Gasteiger charge is -2.38. The number of alkyl halides is 1. The first kappa shape index (κ1) is 31.6. The fraction of sp³-hybridized carbons (Fsp3) is 0.581. The number of ether oxygens (including phenoxy) is 1. The van der Waals surface area contributed by atoms with Crippen molar-refractivity contribution in [1.29, 1.82) is 0 Å². The van der Waals surface area contributed by atoms with Crippen LogP contribution in [0.4, 0.5) is 5.69 Å². The van der Waals surface area contributed by atoms with Crippen LogP contribution in [0.25, 0.3) is 0 Å². The van der Waals surface area contributed by atoms with Gasteiger partial charge in [-0.3, -0.25) is 14.4 Å². The van der Waals surface area contributed by atoms with E-state index in [1.165, 1.54) is 0 Å². The van der Waals surface area contributed by atoms with Crippen molar-refractivity contribution in [2.45, 2.75) is 59.9 Å². The van der Waals surface area contributed by atoms with Crippen LogP contribution in [-0.2, 0) is 14.4 Å². The molecule has 3 saturated heterocycles. The first-order valence-electron chi connectivity index (χ1n) is 14.5. The van der Waals surface area contributed by atoms with Crippen molar-refractivity contribution in [2.75, 3.05) is 44.8 Å². The van der Waals surface area contributed by atoms with E-state index < -0.39 is 22.6 Å². The summed E-state index contributed by atoms with van der Waals surface area (Å²) in [6.07, 6.45) is 6.92. The number of thioether (sulfide) groups is 1. The molecule has 3 heterocycles. The van der Waals surface area contributed by atoms with Gasteiger partial charge in [0.2, 0.25) is 11.8 Å². The van der Waals surface area contributed by atoms with Crippen LogP contribution in [0.2, 0.25) is 0 Å². The number of amides is 3. The number of fused-ring (bicyclic) bond motifs is 1. The molecule has 3 amide bonds. The molecule has 1 spiro atoms. The Morgan fingerprint density at radius 3 is 2.49 bits per heavy atom. The molecule has 4 rings (SSSR count). The van der Waals surface area contributed by atoms with Gasteiger partial charge in [-0.15, -0.1) is 24.9 Å². The van der Waals surface area contributed by atoms with E-state index in [-0.39, 0.29) is 41.0 Å². The highest BCUT2D eigenvalue weighted by Gasteiger charge is 2.76. The molecule has 8 nitrogen and oxygen atoms in total. The molecule has 224 valence electrons. The standard InChI is InChI=1S/C31H42BrN3O5S/c1-5-15-33(16-6-2)28(37)24-25-29(38)35(18-9-8-10-19-36)27(31(25)20-23(32)26(24)41-31)30(39)34(17-7-3)21-11-13-22(40-4)14-12-21/h5,7,11-14,23-27,36H,1,3,6,8-10,15-20H2,2,4H3/t23?,24-,25-,26-,27?,31?/m0/s1. The van der Waals surface area contributed by atoms with Gasteiger partial charge in [-0.25, -0.2) is 0 Å². The molecule has 3 unspecified atom stereocenters. The van der Waals surface area contributed by atoms with Crippen molar-refractivity contribution in [3.63, 3.8) is 0 Å². The lowest BCUT2D eigenvalue weighted by molar-refractivity contribution is -0.143. The molecule has 6 atom stereocenters. The number of unbranched alkanes of at least 4 members (excludes halogenated alkanes) is 2. The van der Waals surface area contributed by atoms with Crippen molar-refractivity contribution in [2.24, 2.45) is 11.8 Å². The Labute approximate surface area is 256 Å². The number of rotatable bonds is 15. The van der Waals surface area contributed by atoms with Crippen LogP contribution in [0.1, 0.15) is 39.0 Å². The number of aliphatic hydroxyl groups is 1. The van der Waals surface area contributed by atoms with E-state index >= 15 is 0 Å². The summed E-state index contributed by atoms with van der Waals surface area (Å²) in [5.41, 5.74) is 0.698. The molecule has 2 bridgehead atoms. The first-order chi connectivity index (χ1) is 19.8. The minimum atomic E-state index is -0.720. The molecule has 0 aromatic heterocycles. The number of likely N-dealkylation sites (tertiary alicyclic amines) is 1. The number of carbonyl (C=O) groups is 3. The van der Waals surface area contributed by atoms with Gasteiger partial charge in [0.25, 0.3) is 5.91 Å². The number of anilines is 1. The molecular weight excluding hydrogens is 606 g/mol. The molecule has 0 radical (unpaired) electrons. The molecule has 10 heteroatoms. The molecule has 0 aliphatic carbocycles. The van der Waals surface area contributed by atoms with Gasteiger partial charge in [0, 0.05) is 48.6 Å². The molecule has 1 N–H and O–H groups in total. The van der Waals surface area contributed by atoms with Crippen LogP contribution in [0.15, 0.2) is 49.6 Å². The monoisotopic (exact) mass is 647 g/mol. The second-order valence-electron chi connectivity index (χ2n) is 11.0. The predicted octanol–water partition coefficient (Wildman–Crippen LogP) is 4.27. The van der Waals surface area contributed by atoms with Gasteiger partial charge in [-0.1, -0.05) is 35.0 Å². The summed E-state index contributed by atoms with van der Waals surface area (Å²) in [5, 5.41) is 9.21. The summed E-state index contributed by atoms with van der Waals surface area (Å²) in [4.78, 5) is 48.3. The number of nitrogens with zero attached hydrogens (tertiary/aromatic N) is 3. The third-order valence-electron chi connectivity index (χ3n) is 8.48. The highest BCUT2D eigenvalue weighted by molar-refractivity contribution is 9.09. The SMILES string of the molecule is C=CCN(CCC)C(=O)[C@H]1[C@H]2C(=O)N(CCCCCO)C(C(=O)N(CC=C)c3ccc(OC)cc3)C23CC(Br)[C@@H]1S3. The normalized spacial score (nSPS) is 28.0. The van der Waals surface area contributed by atoms with Crippen LogP contribution in [0, 0.1) is 11.8 Å². The van der Waals surface area contributed by atoms with Crippen LogP contribution < -0.4 is 9.64 Å². The number of aliphatic hydroxyl groups excluding tert-OH is 1. The van der Waals surface area contributed by atoms with Gasteiger partial charge < -0.3 is 24.5 Å². The summed E-state index contributed by atoms with van der Waals surface area (Å²) >= 11 is 5.51. The Morgan fingerprint density at radius 2 is 1.88 bits per heavy atom. The Morgan fingerprint density at radius 1 is 1.17 bits per heavy atom. The van der Waals surface area contributed by atoms with E-state index in [4.69, 9.17) is 4.74 Å². The summed E-state index contributed by atoms with van der Waals surface area (Å²) in [6, 6.07) is 6.59. The Hall–Kier alpha value is -2.30. The smallest absolute Gasteiger partial charge is 0.251 e. The maximum atomic E-state index is 14.7. The second kappa shape index (κ2) is 13.8. The summed E-state index contributed by atoms with van der Waals surface area (Å²) < 4.78 is 4.60. The maximum absolute atomic E-state index is 14.7. The number of halogens is 1. The zero-order valence-corrected chi connectivity index (χ0v) is 26.4. The van der Waals surface area contributed by atoms with Crippen LogP contribution in [0.3, 0.4) is 0 Å². The number of methoxy groups -OCH3 is 1. The largest absolute Gasteiger partial charge is 0.497 e. The minimum absolute atomic E-state index is 0.0104. The third kappa shape index (κ3) is 5.84. The third-order valence-corrected chi connectivity index (χ3v) is 11.7. The Balaban J connectivity index is 1.76. The zero-order chi connectivity index (χ0) is 29.7. The molecule has 41 heavy (non-hydrogen) atoms. The van der Waals surface area contributed by atoms with E-state index in [1.807, 2.05) is 36.1 Å². The molecule has 3 fully saturated rings. The second-order valence-corrected chi connectivity index (χ2v) is 13.7. The average Bonchev–Trinajstić information content (AvgIpc) is 3.56. The van der Waals surface area contributed by atoms with Gasteiger partial charge in [-0.05, 0) is 56.4 Å². The van der Waals surface area contributed by atoms with Gasteiger partial charge in [0.1, 0.15) is 11.8 Å². The van der Waals surface area contributed by atoms with Crippen molar-refractivity contribution in [3.8, 4) is 5.75 Å². The number of carbonyl (C=O) groups excluding carboxylic acids is 3. The average molecular weight is 649 g/mol. The highest BCUT2D eigenvalue weighted by Crippen LogP contribution is 2.68. The molecule has 3 aliphatic heterocycles. The topological polar surface area (TPSA) is 90.4 Å². The number of benzene rings is 1. The van der Waals surface area contributed by atoms with E-state index in [2.05, 4.69) is 29.1 Å². The quantitative estimate of drug-likeness (QED) is 0.174. The number of hydrogen-bond acceptors (Lipinski definition) is 6. The van der Waals surface area contributed by atoms with Crippen LogP contribution >= 0.6 is 27.7 Å². The van der Waals surface area contributed by atoms with Gasteiger partial charge >= 0.3 is 0 Å². The van der Waals surface area contributed by atoms with Gasteiger partial charge in [-0.2, -0.15) is 0 Å². The predicted molar refractivity (Wildman–Crippen MR) is 167 cm³/mol. The molecule has 0 saturated carbocycles. The van der Waals surface area contributed by atoms with Crippen LogP contribution in [-0.4, -0.2) is 93.4 Å². The van der Waals surface area contributed by atoms with Crippen molar-refractivity contribution in [3.05, 3.63) is 49.6 Å². The molecule has 1 aromatic rings. The lowest BCUT2D eigenvalue weighted by Crippen LogP contribution is -2.56. The minimum Gasteiger partial charge on any atom is -0.497 e. The Bertz CT molecular complexity index is 1130. The fourth-order valence-corrected chi connectivity index (χ4v) is 10.4. The van der Waals surface area contributed by atoms with Gasteiger partial charge in [0.05, 0.1) is 23.7 Å². The number of hydrogen-bond donors (Lipinski definition) is 1. The molecule has 1 aromatic carbocycles. The highest BCUT2D eigenvalue weighted by atomic mass is 79.9. The Kier molecular flexibility index (Phi) is 10.6. The van der Waals surface area contributed by atoms with E-state index in [0.717, 1.165) is 12.8 Å². The van der Waals surface area contributed by atoms with E-state index in [0.29, 0.717) is 50.3 Å². The van der Waals surface area contributed by atoms with Crippen molar-refractivity contribution >= 4 is 51.1 Å². The first-order valence-corrected chi connectivity index (χ1v) is 16.3. The molecular formula is C31H42BrN3O5S. The van der Waals surface area contributed by atoms with Crippen molar-refractivity contribution in [1.82, 2.24) is 9.80 Å². The maximum Gasteiger partial charge on any atom is 0.251 e. The zero-order valence-electron chi connectivity index (χ0n) is 24.0. The summed E-state index contributed by atoms with van der Waals surface area (Å²) in [6.45, 7) is 11.6. The fourth-order valence-electron chi connectivity index (χ4n) is 6.79. The lowest BCUT2D eigenvalue weighted by atomic mass is 9.70.